The first-order chi connectivity index (χ1) is 28.8. The monoisotopic (exact) mass is 737 g/mol. The molecule has 0 N–H and O–H groups in total. The van der Waals surface area contributed by atoms with Crippen molar-refractivity contribution in [2.24, 2.45) is 0 Å². The lowest BCUT2D eigenvalue weighted by Crippen LogP contribution is -2.28. The van der Waals surface area contributed by atoms with Crippen LogP contribution in [0.1, 0.15) is 22.3 Å². The molecule has 58 heavy (non-hydrogen) atoms. The second-order valence-electron chi connectivity index (χ2n) is 15.2. The zero-order valence-corrected chi connectivity index (χ0v) is 32.0. The Morgan fingerprint density at radius 3 is 1.62 bits per heavy atom. The quantitative estimate of drug-likeness (QED) is 0.157. The fourth-order valence-electron chi connectivity index (χ4n) is 9.58. The van der Waals surface area contributed by atoms with E-state index in [0.717, 1.165) is 17.1 Å². The van der Waals surface area contributed by atoms with E-state index in [9.17, 15) is 0 Å². The summed E-state index contributed by atoms with van der Waals surface area (Å²) < 4.78 is 0. The van der Waals surface area contributed by atoms with Crippen LogP contribution >= 0.6 is 0 Å². The molecule has 1 aliphatic carbocycles. The number of hydrogen-bond acceptors (Lipinski definition) is 1. The Hall–Kier alpha value is -7.48. The van der Waals surface area contributed by atoms with E-state index < -0.39 is 5.41 Å². The smallest absolute Gasteiger partial charge is 0.0714 e. The first kappa shape index (κ1) is 33.8. The van der Waals surface area contributed by atoms with Gasteiger partial charge in [0, 0.05) is 16.5 Å². The van der Waals surface area contributed by atoms with Crippen LogP contribution in [0.5, 0.6) is 0 Å². The Balaban J connectivity index is 1.26. The molecule has 1 heteroatoms. The van der Waals surface area contributed by atoms with E-state index in [-0.39, 0.29) is 0 Å². The molecule has 0 aromatic heterocycles. The number of rotatable bonds is 7. The highest BCUT2D eigenvalue weighted by Gasteiger charge is 2.47. The molecule has 0 heterocycles. The molecule has 272 valence electrons. The minimum atomic E-state index is -0.524. The van der Waals surface area contributed by atoms with Crippen molar-refractivity contribution in [3.8, 4) is 33.4 Å². The van der Waals surface area contributed by atoms with Crippen molar-refractivity contribution in [3.05, 3.63) is 259 Å². The Morgan fingerprint density at radius 1 is 0.293 bits per heavy atom. The second-order valence-corrected chi connectivity index (χ2v) is 15.2. The van der Waals surface area contributed by atoms with Crippen molar-refractivity contribution in [3.63, 3.8) is 0 Å². The van der Waals surface area contributed by atoms with Gasteiger partial charge in [-0.25, -0.2) is 0 Å². The summed E-state index contributed by atoms with van der Waals surface area (Å²) in [4.78, 5) is 2.55. The fraction of sp³-hybridized carbons (Fsp3) is 0.0175. The van der Waals surface area contributed by atoms with Gasteiger partial charge < -0.3 is 4.90 Å². The lowest BCUT2D eigenvalue weighted by atomic mass is 9.68. The van der Waals surface area contributed by atoms with Crippen molar-refractivity contribution in [2.75, 3.05) is 4.90 Å². The van der Waals surface area contributed by atoms with Crippen LogP contribution in [0, 0.1) is 0 Å². The lowest BCUT2D eigenvalue weighted by molar-refractivity contribution is 0.768. The van der Waals surface area contributed by atoms with E-state index in [4.69, 9.17) is 0 Å². The molecule has 0 unspecified atom stereocenters. The van der Waals surface area contributed by atoms with Crippen molar-refractivity contribution in [2.45, 2.75) is 5.41 Å². The normalized spacial score (nSPS) is 12.6. The van der Waals surface area contributed by atoms with Crippen LogP contribution in [0.25, 0.3) is 54.9 Å². The third-order valence-corrected chi connectivity index (χ3v) is 12.1. The molecule has 11 rings (SSSR count). The summed E-state index contributed by atoms with van der Waals surface area (Å²) in [6, 6.07) is 87.0. The second kappa shape index (κ2) is 13.9. The molecular weight excluding hydrogens is 699 g/mol. The Kier molecular flexibility index (Phi) is 8.12. The highest BCUT2D eigenvalue weighted by molar-refractivity contribution is 6.06. The summed E-state index contributed by atoms with van der Waals surface area (Å²) in [5.74, 6) is 0. The molecule has 1 aliphatic rings. The summed E-state index contributed by atoms with van der Waals surface area (Å²) in [7, 11) is 0. The predicted molar refractivity (Wildman–Crippen MR) is 244 cm³/mol. The van der Waals surface area contributed by atoms with E-state index in [1.165, 1.54) is 77.2 Å². The van der Waals surface area contributed by atoms with E-state index in [2.05, 4.69) is 241 Å². The highest BCUT2D eigenvalue weighted by atomic mass is 15.1. The number of anilines is 3. The first-order valence-electron chi connectivity index (χ1n) is 20.1. The minimum absolute atomic E-state index is 0.524. The summed E-state index contributed by atoms with van der Waals surface area (Å²) in [6.45, 7) is 0. The maximum atomic E-state index is 2.55. The molecule has 0 amide bonds. The molecule has 0 spiro atoms. The van der Waals surface area contributed by atoms with Crippen molar-refractivity contribution in [1.29, 1.82) is 0 Å². The van der Waals surface area contributed by atoms with Crippen LogP contribution in [-0.2, 0) is 5.41 Å². The largest absolute Gasteiger partial charge is 0.309 e. The Morgan fingerprint density at radius 2 is 0.845 bits per heavy atom. The standard InChI is InChI=1S/C57H39N/c1-4-19-41(20-5-1)49-37-36-45(44-35-34-40-18-10-11-22-43(40)38-44)39-55(49)58(53-32-16-23-42-21-12-13-28-48(42)53)54-33-17-31-52-56(54)50-29-14-15-30-51(50)57(52,46-24-6-2-7-25-46)47-26-8-3-9-27-47/h1-39H. The van der Waals surface area contributed by atoms with Crippen LogP contribution in [0.4, 0.5) is 17.1 Å². The van der Waals surface area contributed by atoms with Gasteiger partial charge in [0.2, 0.25) is 0 Å². The fourth-order valence-corrected chi connectivity index (χ4v) is 9.58. The minimum Gasteiger partial charge on any atom is -0.309 e. The zero-order valence-electron chi connectivity index (χ0n) is 32.0. The Labute approximate surface area is 339 Å². The molecular formula is C57H39N. The third kappa shape index (κ3) is 5.32. The van der Waals surface area contributed by atoms with Gasteiger partial charge in [0.05, 0.1) is 22.5 Å². The Bertz CT molecular complexity index is 3070. The molecule has 0 aliphatic heterocycles. The lowest BCUT2D eigenvalue weighted by Gasteiger charge is -2.35. The average Bonchev–Trinajstić information content (AvgIpc) is 3.61. The topological polar surface area (TPSA) is 3.24 Å². The van der Waals surface area contributed by atoms with Gasteiger partial charge in [0.25, 0.3) is 0 Å². The van der Waals surface area contributed by atoms with E-state index in [1.807, 2.05) is 0 Å². The van der Waals surface area contributed by atoms with Crippen LogP contribution < -0.4 is 4.90 Å². The van der Waals surface area contributed by atoms with Crippen molar-refractivity contribution >= 4 is 38.6 Å². The summed E-state index contributed by atoms with van der Waals surface area (Å²) in [5, 5.41) is 4.87. The molecule has 1 nitrogen and oxygen atoms in total. The van der Waals surface area contributed by atoms with Gasteiger partial charge in [-0.3, -0.25) is 0 Å². The highest BCUT2D eigenvalue weighted by Crippen LogP contribution is 2.60. The molecule has 10 aromatic carbocycles. The molecule has 0 fully saturated rings. The molecule has 0 saturated heterocycles. The van der Waals surface area contributed by atoms with Crippen molar-refractivity contribution < 1.29 is 0 Å². The van der Waals surface area contributed by atoms with Gasteiger partial charge in [0.1, 0.15) is 0 Å². The zero-order chi connectivity index (χ0) is 38.5. The molecule has 0 radical (unpaired) electrons. The van der Waals surface area contributed by atoms with Crippen LogP contribution in [-0.4, -0.2) is 0 Å². The summed E-state index contributed by atoms with van der Waals surface area (Å²) in [5.41, 5.74) is 15.1. The van der Waals surface area contributed by atoms with E-state index in [0.29, 0.717) is 0 Å². The van der Waals surface area contributed by atoms with Crippen LogP contribution in [0.3, 0.4) is 0 Å². The van der Waals surface area contributed by atoms with Gasteiger partial charge in [0.15, 0.2) is 0 Å². The number of nitrogens with zero attached hydrogens (tertiary/aromatic N) is 1. The summed E-state index contributed by atoms with van der Waals surface area (Å²) >= 11 is 0. The van der Waals surface area contributed by atoms with Gasteiger partial charge in [-0.1, -0.05) is 212 Å². The number of benzene rings is 10. The maximum Gasteiger partial charge on any atom is 0.0714 e. The van der Waals surface area contributed by atoms with Gasteiger partial charge >= 0.3 is 0 Å². The van der Waals surface area contributed by atoms with Gasteiger partial charge in [-0.2, -0.15) is 0 Å². The first-order valence-corrected chi connectivity index (χ1v) is 20.1. The average molecular weight is 738 g/mol. The number of hydrogen-bond donors (Lipinski definition) is 0. The number of fused-ring (bicyclic) bond motifs is 5. The van der Waals surface area contributed by atoms with E-state index >= 15 is 0 Å². The van der Waals surface area contributed by atoms with Gasteiger partial charge in [-0.05, 0) is 84.9 Å². The molecule has 10 aromatic rings. The molecule has 0 atom stereocenters. The summed E-state index contributed by atoms with van der Waals surface area (Å²) in [6.07, 6.45) is 0. The van der Waals surface area contributed by atoms with Gasteiger partial charge in [-0.15, -0.1) is 0 Å². The van der Waals surface area contributed by atoms with E-state index in [1.54, 1.807) is 0 Å². The predicted octanol–water partition coefficient (Wildman–Crippen LogP) is 15.2. The van der Waals surface area contributed by atoms with Crippen LogP contribution in [0.2, 0.25) is 0 Å². The van der Waals surface area contributed by atoms with Crippen molar-refractivity contribution in [1.82, 2.24) is 0 Å². The molecule has 0 saturated carbocycles. The SMILES string of the molecule is c1ccc(-c2ccc(-c3ccc4ccccc4c3)cc2N(c2cccc3c2-c2ccccc2C3(c2ccccc2)c2ccccc2)c2cccc3ccccc23)cc1. The molecule has 0 bridgehead atoms. The third-order valence-electron chi connectivity index (χ3n) is 12.1. The maximum absolute atomic E-state index is 2.55. The van der Waals surface area contributed by atoms with Crippen LogP contribution in [0.15, 0.2) is 237 Å².